The second-order valence-electron chi connectivity index (χ2n) is 3.10. The fraction of sp³-hybridized carbons (Fsp3) is 0. The summed E-state index contributed by atoms with van der Waals surface area (Å²) >= 11 is 1.50. The van der Waals surface area contributed by atoms with E-state index in [1.165, 1.54) is 11.8 Å². The number of nitrogens with zero attached hydrogens (tertiary/aromatic N) is 1. The summed E-state index contributed by atoms with van der Waals surface area (Å²) in [5.41, 5.74) is 0.297. The Morgan fingerprint density at radius 3 is 2.44 bits per heavy atom. The highest BCUT2D eigenvalue weighted by atomic mass is 32.2. The molecule has 1 N–H and O–H groups in total. The van der Waals surface area contributed by atoms with Crippen LogP contribution in [-0.4, -0.2) is 16.1 Å². The third-order valence-electron chi connectivity index (χ3n) is 1.96. The van der Waals surface area contributed by atoms with Gasteiger partial charge >= 0.3 is 5.97 Å². The fourth-order valence-corrected chi connectivity index (χ4v) is 1.97. The maximum Gasteiger partial charge on any atom is 0.335 e. The molecule has 1 aromatic carbocycles. The highest BCUT2D eigenvalue weighted by Crippen LogP contribution is 2.25. The molecule has 1 aromatic heterocycles. The van der Waals surface area contributed by atoms with Crippen molar-refractivity contribution in [3.05, 3.63) is 54.2 Å². The number of aromatic nitrogens is 1. The SMILES string of the molecule is O=C(O)c1ccc(Sc2ccccn2)cc1. The third kappa shape index (κ3) is 2.61. The molecule has 0 spiro atoms. The molecule has 16 heavy (non-hydrogen) atoms. The first-order valence-corrected chi connectivity index (χ1v) is 5.49. The van der Waals surface area contributed by atoms with Crippen molar-refractivity contribution in [2.45, 2.75) is 9.92 Å². The first kappa shape index (κ1) is 10.7. The number of benzene rings is 1. The zero-order chi connectivity index (χ0) is 11.4. The minimum atomic E-state index is -0.908. The summed E-state index contributed by atoms with van der Waals surface area (Å²) in [5, 5.41) is 9.64. The Labute approximate surface area is 97.2 Å². The number of carbonyl (C=O) groups is 1. The predicted octanol–water partition coefficient (Wildman–Crippen LogP) is 2.93. The minimum absolute atomic E-state index is 0.297. The van der Waals surface area contributed by atoms with Gasteiger partial charge in [0.1, 0.15) is 5.03 Å². The molecule has 0 amide bonds. The molecule has 80 valence electrons. The molecule has 2 aromatic rings. The van der Waals surface area contributed by atoms with Gasteiger partial charge < -0.3 is 5.11 Å². The van der Waals surface area contributed by atoms with Crippen LogP contribution >= 0.6 is 11.8 Å². The molecule has 0 saturated carbocycles. The van der Waals surface area contributed by atoms with Crippen molar-refractivity contribution in [1.82, 2.24) is 4.98 Å². The number of pyridine rings is 1. The van der Waals surface area contributed by atoms with E-state index in [-0.39, 0.29) is 0 Å². The molecule has 0 saturated heterocycles. The van der Waals surface area contributed by atoms with Crippen LogP contribution in [0.3, 0.4) is 0 Å². The third-order valence-corrected chi connectivity index (χ3v) is 2.92. The van der Waals surface area contributed by atoms with E-state index in [2.05, 4.69) is 4.98 Å². The van der Waals surface area contributed by atoms with Gasteiger partial charge in [-0.15, -0.1) is 0 Å². The van der Waals surface area contributed by atoms with Crippen LogP contribution in [0.25, 0.3) is 0 Å². The van der Waals surface area contributed by atoms with Crippen molar-refractivity contribution in [1.29, 1.82) is 0 Å². The van der Waals surface area contributed by atoms with E-state index < -0.39 is 5.97 Å². The molecule has 0 aliphatic heterocycles. The van der Waals surface area contributed by atoms with Gasteiger partial charge in [0.05, 0.1) is 5.56 Å². The summed E-state index contributed by atoms with van der Waals surface area (Å²) in [4.78, 5) is 15.8. The van der Waals surface area contributed by atoms with E-state index in [1.54, 1.807) is 30.5 Å². The van der Waals surface area contributed by atoms with Crippen LogP contribution < -0.4 is 0 Å². The van der Waals surface area contributed by atoms with Gasteiger partial charge in [0.15, 0.2) is 0 Å². The Morgan fingerprint density at radius 2 is 1.88 bits per heavy atom. The fourth-order valence-electron chi connectivity index (χ4n) is 1.19. The van der Waals surface area contributed by atoms with Crippen LogP contribution in [0.5, 0.6) is 0 Å². The van der Waals surface area contributed by atoms with Crippen molar-refractivity contribution in [2.75, 3.05) is 0 Å². The summed E-state index contributed by atoms with van der Waals surface area (Å²) in [7, 11) is 0. The molecule has 2 rings (SSSR count). The molecule has 0 fully saturated rings. The standard InChI is InChI=1S/C12H9NO2S/c14-12(15)9-4-6-10(7-5-9)16-11-3-1-2-8-13-11/h1-8H,(H,14,15). The molecule has 3 nitrogen and oxygen atoms in total. The van der Waals surface area contributed by atoms with Gasteiger partial charge in [0.2, 0.25) is 0 Å². The molecule has 0 bridgehead atoms. The number of hydrogen-bond acceptors (Lipinski definition) is 3. The molecule has 0 aliphatic rings. The van der Waals surface area contributed by atoms with E-state index in [4.69, 9.17) is 5.11 Å². The zero-order valence-electron chi connectivity index (χ0n) is 8.33. The number of carboxylic acid groups (broad SMARTS) is 1. The average Bonchev–Trinajstić information content (AvgIpc) is 2.31. The van der Waals surface area contributed by atoms with E-state index in [0.717, 1.165) is 9.92 Å². The number of hydrogen-bond donors (Lipinski definition) is 1. The molecule has 0 aliphatic carbocycles. The number of carboxylic acids is 1. The quantitative estimate of drug-likeness (QED) is 0.882. The zero-order valence-corrected chi connectivity index (χ0v) is 9.15. The van der Waals surface area contributed by atoms with E-state index in [1.807, 2.05) is 18.2 Å². The van der Waals surface area contributed by atoms with Gasteiger partial charge in [-0.05, 0) is 36.4 Å². The Morgan fingerprint density at radius 1 is 1.12 bits per heavy atom. The summed E-state index contributed by atoms with van der Waals surface area (Å²) in [6, 6.07) is 12.4. The van der Waals surface area contributed by atoms with Crippen molar-refractivity contribution in [2.24, 2.45) is 0 Å². The van der Waals surface area contributed by atoms with Gasteiger partial charge in [-0.3, -0.25) is 0 Å². The first-order valence-electron chi connectivity index (χ1n) is 4.68. The molecule has 1 heterocycles. The van der Waals surface area contributed by atoms with Crippen molar-refractivity contribution >= 4 is 17.7 Å². The van der Waals surface area contributed by atoms with Gasteiger partial charge in [0.25, 0.3) is 0 Å². The highest BCUT2D eigenvalue weighted by molar-refractivity contribution is 7.99. The largest absolute Gasteiger partial charge is 0.478 e. The van der Waals surface area contributed by atoms with Crippen molar-refractivity contribution in [3.8, 4) is 0 Å². The summed E-state index contributed by atoms with van der Waals surface area (Å²) < 4.78 is 0. The van der Waals surface area contributed by atoms with E-state index in [0.29, 0.717) is 5.56 Å². The first-order chi connectivity index (χ1) is 7.75. The maximum absolute atomic E-state index is 10.7. The lowest BCUT2D eigenvalue weighted by molar-refractivity contribution is 0.0697. The molecule has 0 radical (unpaired) electrons. The monoisotopic (exact) mass is 231 g/mol. The van der Waals surface area contributed by atoms with E-state index in [9.17, 15) is 4.79 Å². The molecule has 0 unspecified atom stereocenters. The van der Waals surface area contributed by atoms with E-state index >= 15 is 0 Å². The van der Waals surface area contributed by atoms with Crippen LogP contribution in [0.1, 0.15) is 10.4 Å². The van der Waals surface area contributed by atoms with Crippen molar-refractivity contribution < 1.29 is 9.90 Å². The maximum atomic E-state index is 10.7. The number of aromatic carboxylic acids is 1. The summed E-state index contributed by atoms with van der Waals surface area (Å²) in [6.07, 6.45) is 1.73. The molecular formula is C12H9NO2S. The van der Waals surface area contributed by atoms with Crippen LogP contribution in [0.4, 0.5) is 0 Å². The van der Waals surface area contributed by atoms with Gasteiger partial charge in [0, 0.05) is 11.1 Å². The summed E-state index contributed by atoms with van der Waals surface area (Å²) in [5.74, 6) is -0.908. The second-order valence-corrected chi connectivity index (χ2v) is 4.19. The average molecular weight is 231 g/mol. The van der Waals surface area contributed by atoms with Crippen molar-refractivity contribution in [3.63, 3.8) is 0 Å². The lowest BCUT2D eigenvalue weighted by Gasteiger charge is -2.00. The molecule has 4 heteroatoms. The smallest absolute Gasteiger partial charge is 0.335 e. The lowest BCUT2D eigenvalue weighted by Crippen LogP contribution is -1.94. The predicted molar refractivity (Wildman–Crippen MR) is 61.8 cm³/mol. The van der Waals surface area contributed by atoms with Crippen LogP contribution in [0, 0.1) is 0 Å². The molecule has 0 atom stereocenters. The Bertz CT molecular complexity index is 482. The van der Waals surface area contributed by atoms with Crippen LogP contribution in [0.2, 0.25) is 0 Å². The Hall–Kier alpha value is -1.81. The molecular weight excluding hydrogens is 222 g/mol. The van der Waals surface area contributed by atoms with Gasteiger partial charge in [-0.25, -0.2) is 9.78 Å². The lowest BCUT2D eigenvalue weighted by atomic mass is 10.2. The number of rotatable bonds is 3. The second kappa shape index (κ2) is 4.81. The van der Waals surface area contributed by atoms with Gasteiger partial charge in [-0.2, -0.15) is 0 Å². The Kier molecular flexibility index (Phi) is 3.22. The minimum Gasteiger partial charge on any atom is -0.478 e. The topological polar surface area (TPSA) is 50.2 Å². The normalized spacial score (nSPS) is 10.0. The summed E-state index contributed by atoms with van der Waals surface area (Å²) in [6.45, 7) is 0. The van der Waals surface area contributed by atoms with Gasteiger partial charge in [-0.1, -0.05) is 17.8 Å². The highest BCUT2D eigenvalue weighted by Gasteiger charge is 2.02. The Balaban J connectivity index is 2.14. The van der Waals surface area contributed by atoms with Crippen LogP contribution in [-0.2, 0) is 0 Å². The van der Waals surface area contributed by atoms with Crippen LogP contribution in [0.15, 0.2) is 58.6 Å².